The molecule has 1 N–H and O–H groups in total. The molecule has 5 rings (SSSR count). The number of nitrogens with one attached hydrogen (secondary N) is 1. The zero-order valence-corrected chi connectivity index (χ0v) is 16.0. The van der Waals surface area contributed by atoms with Crippen LogP contribution < -0.4 is 5.32 Å². The highest BCUT2D eigenvalue weighted by Crippen LogP contribution is 2.27. The van der Waals surface area contributed by atoms with Crippen LogP contribution in [0.25, 0.3) is 28.2 Å². The van der Waals surface area contributed by atoms with E-state index in [0.29, 0.717) is 17.9 Å². The topological polar surface area (TPSA) is 73.0 Å². The third-order valence-electron chi connectivity index (χ3n) is 4.84. The van der Waals surface area contributed by atoms with E-state index in [9.17, 15) is 4.79 Å². The van der Waals surface area contributed by atoms with Gasteiger partial charge in [0.05, 0.1) is 12.8 Å². The Balaban J connectivity index is 1.49. The minimum atomic E-state index is -0.158. The molecule has 0 saturated heterocycles. The van der Waals surface area contributed by atoms with Gasteiger partial charge in [-0.1, -0.05) is 30.3 Å². The number of furan rings is 1. The van der Waals surface area contributed by atoms with Gasteiger partial charge in [-0.15, -0.1) is 0 Å². The number of fused-ring (bicyclic) bond motifs is 1. The van der Waals surface area contributed by atoms with Crippen molar-refractivity contribution in [1.82, 2.24) is 19.9 Å². The number of amides is 1. The van der Waals surface area contributed by atoms with Crippen LogP contribution in [0.3, 0.4) is 0 Å². The molecule has 3 aromatic heterocycles. The van der Waals surface area contributed by atoms with E-state index in [1.54, 1.807) is 30.7 Å². The molecule has 1 amide bonds. The van der Waals surface area contributed by atoms with Crippen molar-refractivity contribution in [2.45, 2.75) is 6.54 Å². The number of nitrogens with zero attached hydrogens (tertiary/aromatic N) is 3. The summed E-state index contributed by atoms with van der Waals surface area (Å²) in [5, 5.41) is 2.86. The molecule has 30 heavy (non-hydrogen) atoms. The van der Waals surface area contributed by atoms with Gasteiger partial charge in [-0.2, -0.15) is 0 Å². The molecule has 0 atom stereocenters. The van der Waals surface area contributed by atoms with Gasteiger partial charge in [0.1, 0.15) is 17.1 Å². The van der Waals surface area contributed by atoms with Gasteiger partial charge in [0, 0.05) is 23.0 Å². The zero-order chi connectivity index (χ0) is 20.3. The lowest BCUT2D eigenvalue weighted by molar-refractivity contribution is 0.0948. The van der Waals surface area contributed by atoms with Gasteiger partial charge in [-0.05, 0) is 48.5 Å². The van der Waals surface area contributed by atoms with Gasteiger partial charge in [0.2, 0.25) is 0 Å². The summed E-state index contributed by atoms with van der Waals surface area (Å²) in [5.74, 6) is 1.36. The lowest BCUT2D eigenvalue weighted by atomic mass is 10.1. The summed E-state index contributed by atoms with van der Waals surface area (Å²) >= 11 is 0. The van der Waals surface area contributed by atoms with Gasteiger partial charge in [-0.25, -0.2) is 9.97 Å². The van der Waals surface area contributed by atoms with Crippen molar-refractivity contribution < 1.29 is 9.21 Å². The number of carbonyl (C=O) groups excluding carboxylic acids is 1. The first kappa shape index (κ1) is 17.9. The van der Waals surface area contributed by atoms with Gasteiger partial charge in [0.25, 0.3) is 5.91 Å². The number of aromatic nitrogens is 3. The number of hydrogen-bond donors (Lipinski definition) is 1. The molecule has 0 aliphatic carbocycles. The van der Waals surface area contributed by atoms with Crippen LogP contribution in [-0.2, 0) is 6.54 Å². The van der Waals surface area contributed by atoms with Crippen molar-refractivity contribution in [3.63, 3.8) is 0 Å². The number of rotatable bonds is 5. The van der Waals surface area contributed by atoms with Crippen molar-refractivity contribution in [2.75, 3.05) is 0 Å². The summed E-state index contributed by atoms with van der Waals surface area (Å²) in [6.45, 7) is 0.349. The molecule has 2 aromatic carbocycles. The lowest BCUT2D eigenvalue weighted by Gasteiger charge is -2.10. The molecule has 0 bridgehead atoms. The Morgan fingerprint density at radius 3 is 2.53 bits per heavy atom. The van der Waals surface area contributed by atoms with Crippen molar-refractivity contribution in [2.24, 2.45) is 0 Å². The predicted molar refractivity (Wildman–Crippen MR) is 114 cm³/mol. The van der Waals surface area contributed by atoms with Gasteiger partial charge < -0.3 is 9.73 Å². The summed E-state index contributed by atoms with van der Waals surface area (Å²) in [6, 6.07) is 24.9. The molecule has 6 nitrogen and oxygen atoms in total. The van der Waals surface area contributed by atoms with Crippen LogP contribution in [-0.4, -0.2) is 20.4 Å². The SMILES string of the molecule is O=C(NCc1ccco1)c1ccc(-n2c(-c3ccccc3)nc3cccnc32)cc1. The largest absolute Gasteiger partial charge is 0.467 e. The van der Waals surface area contributed by atoms with Crippen LogP contribution >= 0.6 is 0 Å². The number of pyridine rings is 1. The molecule has 0 aliphatic heterocycles. The highest BCUT2D eigenvalue weighted by molar-refractivity contribution is 5.94. The molecule has 0 aliphatic rings. The van der Waals surface area contributed by atoms with E-state index in [1.165, 1.54) is 0 Å². The van der Waals surface area contributed by atoms with Crippen molar-refractivity contribution >= 4 is 17.1 Å². The molecule has 146 valence electrons. The molecular weight excluding hydrogens is 376 g/mol. The molecule has 5 aromatic rings. The van der Waals surface area contributed by atoms with E-state index in [-0.39, 0.29) is 5.91 Å². The Morgan fingerprint density at radius 2 is 1.77 bits per heavy atom. The van der Waals surface area contributed by atoms with E-state index in [1.807, 2.05) is 65.2 Å². The normalized spacial score (nSPS) is 10.9. The molecule has 0 radical (unpaired) electrons. The van der Waals surface area contributed by atoms with E-state index in [2.05, 4.69) is 10.3 Å². The third kappa shape index (κ3) is 3.35. The molecule has 3 heterocycles. The second-order valence-corrected chi connectivity index (χ2v) is 6.79. The fourth-order valence-electron chi connectivity index (χ4n) is 3.38. The van der Waals surface area contributed by atoms with Crippen LogP contribution in [0.5, 0.6) is 0 Å². The quantitative estimate of drug-likeness (QED) is 0.472. The first-order valence-corrected chi connectivity index (χ1v) is 9.59. The zero-order valence-electron chi connectivity index (χ0n) is 16.0. The highest BCUT2D eigenvalue weighted by atomic mass is 16.3. The van der Waals surface area contributed by atoms with Crippen LogP contribution in [0.15, 0.2) is 95.7 Å². The smallest absolute Gasteiger partial charge is 0.251 e. The van der Waals surface area contributed by atoms with Crippen LogP contribution in [0.1, 0.15) is 16.1 Å². The second-order valence-electron chi connectivity index (χ2n) is 6.79. The first-order chi connectivity index (χ1) is 14.8. The first-order valence-electron chi connectivity index (χ1n) is 9.59. The Morgan fingerprint density at radius 1 is 0.933 bits per heavy atom. The molecule has 0 unspecified atom stereocenters. The Kier molecular flexibility index (Phi) is 4.57. The van der Waals surface area contributed by atoms with E-state index in [4.69, 9.17) is 9.40 Å². The fourth-order valence-corrected chi connectivity index (χ4v) is 3.38. The summed E-state index contributed by atoms with van der Waals surface area (Å²) in [5.41, 5.74) is 4.04. The van der Waals surface area contributed by atoms with Crippen LogP contribution in [0.2, 0.25) is 0 Å². The lowest BCUT2D eigenvalue weighted by Crippen LogP contribution is -2.22. The van der Waals surface area contributed by atoms with Crippen LogP contribution in [0, 0.1) is 0 Å². The monoisotopic (exact) mass is 394 g/mol. The third-order valence-corrected chi connectivity index (χ3v) is 4.84. The molecule has 6 heteroatoms. The predicted octanol–water partition coefficient (Wildman–Crippen LogP) is 4.61. The van der Waals surface area contributed by atoms with Gasteiger partial charge in [0.15, 0.2) is 5.65 Å². The minimum Gasteiger partial charge on any atom is -0.467 e. The Bertz CT molecular complexity index is 1290. The molecule has 0 fully saturated rings. The number of carbonyl (C=O) groups is 1. The van der Waals surface area contributed by atoms with E-state index >= 15 is 0 Å². The fraction of sp³-hybridized carbons (Fsp3) is 0.0417. The average Bonchev–Trinajstić information content (AvgIpc) is 3.46. The number of hydrogen-bond acceptors (Lipinski definition) is 4. The Hall–Kier alpha value is -4.19. The molecule has 0 spiro atoms. The van der Waals surface area contributed by atoms with Gasteiger partial charge in [-0.3, -0.25) is 9.36 Å². The average molecular weight is 394 g/mol. The molecular formula is C24H18N4O2. The summed E-state index contributed by atoms with van der Waals surface area (Å²) in [4.78, 5) is 21.8. The van der Waals surface area contributed by atoms with Crippen LogP contribution in [0.4, 0.5) is 0 Å². The molecule has 0 saturated carbocycles. The maximum absolute atomic E-state index is 12.5. The summed E-state index contributed by atoms with van der Waals surface area (Å²) in [7, 11) is 0. The van der Waals surface area contributed by atoms with E-state index < -0.39 is 0 Å². The van der Waals surface area contributed by atoms with Crippen molar-refractivity contribution in [3.05, 3.63) is 103 Å². The van der Waals surface area contributed by atoms with E-state index in [0.717, 1.165) is 28.2 Å². The minimum absolute atomic E-state index is 0.158. The maximum Gasteiger partial charge on any atom is 0.251 e. The summed E-state index contributed by atoms with van der Waals surface area (Å²) < 4.78 is 7.26. The summed E-state index contributed by atoms with van der Waals surface area (Å²) in [6.07, 6.45) is 3.34. The van der Waals surface area contributed by atoms with Crippen molar-refractivity contribution in [3.8, 4) is 17.1 Å². The standard InChI is InChI=1S/C24H18N4O2/c29-24(26-16-20-8-5-15-30-20)18-10-12-19(13-11-18)28-22(17-6-2-1-3-7-17)27-21-9-4-14-25-23(21)28/h1-15H,16H2,(H,26,29). The van der Waals surface area contributed by atoms with Crippen molar-refractivity contribution in [1.29, 1.82) is 0 Å². The Labute approximate surface area is 172 Å². The van der Waals surface area contributed by atoms with Gasteiger partial charge >= 0.3 is 0 Å². The second kappa shape index (κ2) is 7.67. The maximum atomic E-state index is 12.5. The highest BCUT2D eigenvalue weighted by Gasteiger charge is 2.15. The number of benzene rings is 2. The number of imidazole rings is 1.